The number of hydrogen-bond donors (Lipinski definition) is 4. The van der Waals surface area contributed by atoms with Gasteiger partial charge >= 0.3 is 12.0 Å². The predicted octanol–water partition coefficient (Wildman–Crippen LogP) is 3.47. The van der Waals surface area contributed by atoms with Crippen molar-refractivity contribution in [1.29, 1.82) is 0 Å². The zero-order valence-corrected chi connectivity index (χ0v) is 18.2. The summed E-state index contributed by atoms with van der Waals surface area (Å²) >= 11 is 5.95. The second-order valence-electron chi connectivity index (χ2n) is 6.91. The molecular formula is C22H20ClN3O5S. The Labute approximate surface area is 190 Å². The summed E-state index contributed by atoms with van der Waals surface area (Å²) in [4.78, 5) is 22.6. The maximum atomic E-state index is 12.6. The summed E-state index contributed by atoms with van der Waals surface area (Å²) in [6.07, 6.45) is -0.0669. The minimum Gasteiger partial charge on any atom is -0.480 e. The summed E-state index contributed by atoms with van der Waals surface area (Å²) in [5.41, 5.74) is 7.94. The van der Waals surface area contributed by atoms with Gasteiger partial charge in [-0.25, -0.2) is 13.2 Å². The molecule has 5 N–H and O–H groups in total. The number of rotatable bonds is 8. The molecule has 0 fully saturated rings. The zero-order chi connectivity index (χ0) is 23.3. The van der Waals surface area contributed by atoms with Crippen LogP contribution in [0.3, 0.4) is 0 Å². The molecule has 166 valence electrons. The molecule has 2 amide bonds. The minimum atomic E-state index is -4.13. The van der Waals surface area contributed by atoms with Crippen LogP contribution in [0.5, 0.6) is 0 Å². The van der Waals surface area contributed by atoms with E-state index in [0.717, 1.165) is 11.1 Å². The Morgan fingerprint density at radius 1 is 0.969 bits per heavy atom. The van der Waals surface area contributed by atoms with Crippen molar-refractivity contribution in [2.24, 2.45) is 5.73 Å². The standard InChI is InChI=1S/C22H20ClN3O5S/c23-18-6-1-2-7-20(18)32(30,31)26-19(21(27)28)12-14-8-10-15(11-9-14)16-4-3-5-17(13-16)25-22(24)29/h1-11,13,19,26H,12H2,(H,27,28)(H3,24,25,29)/t19-/m0/s1. The lowest BCUT2D eigenvalue weighted by Crippen LogP contribution is -2.42. The number of sulfonamides is 1. The highest BCUT2D eigenvalue weighted by Gasteiger charge is 2.27. The summed E-state index contributed by atoms with van der Waals surface area (Å²) in [5.74, 6) is -1.31. The summed E-state index contributed by atoms with van der Waals surface area (Å²) in [7, 11) is -4.13. The van der Waals surface area contributed by atoms with Crippen molar-refractivity contribution < 1.29 is 23.1 Å². The van der Waals surface area contributed by atoms with Gasteiger partial charge in [0.15, 0.2) is 0 Å². The first-order chi connectivity index (χ1) is 15.2. The van der Waals surface area contributed by atoms with Gasteiger partial charge in [-0.05, 0) is 47.4 Å². The third-order valence-corrected chi connectivity index (χ3v) is 6.55. The highest BCUT2D eigenvalue weighted by molar-refractivity contribution is 7.89. The van der Waals surface area contributed by atoms with Crippen LogP contribution in [0.2, 0.25) is 5.02 Å². The van der Waals surface area contributed by atoms with Crippen molar-refractivity contribution >= 4 is 39.3 Å². The number of carbonyl (C=O) groups excluding carboxylic acids is 1. The van der Waals surface area contributed by atoms with Gasteiger partial charge in [-0.1, -0.05) is 60.1 Å². The first-order valence-corrected chi connectivity index (χ1v) is 11.3. The predicted molar refractivity (Wildman–Crippen MR) is 122 cm³/mol. The summed E-state index contributed by atoms with van der Waals surface area (Å²) < 4.78 is 27.4. The van der Waals surface area contributed by atoms with E-state index in [2.05, 4.69) is 10.0 Å². The van der Waals surface area contributed by atoms with Gasteiger partial charge in [0.25, 0.3) is 0 Å². The highest BCUT2D eigenvalue weighted by Crippen LogP contribution is 2.24. The van der Waals surface area contributed by atoms with Crippen LogP contribution in [0.1, 0.15) is 5.56 Å². The van der Waals surface area contributed by atoms with Crippen molar-refractivity contribution in [2.45, 2.75) is 17.4 Å². The lowest BCUT2D eigenvalue weighted by molar-refractivity contribution is -0.138. The SMILES string of the molecule is NC(=O)Nc1cccc(-c2ccc(C[C@H](NS(=O)(=O)c3ccccc3Cl)C(=O)O)cc2)c1. The molecule has 0 aliphatic carbocycles. The number of halogens is 1. The number of benzene rings is 3. The fourth-order valence-electron chi connectivity index (χ4n) is 3.08. The Bertz CT molecular complexity index is 1250. The number of aliphatic carboxylic acids is 1. The molecule has 0 heterocycles. The molecule has 0 aliphatic heterocycles. The molecule has 3 aromatic rings. The molecule has 32 heavy (non-hydrogen) atoms. The number of urea groups is 1. The van der Waals surface area contributed by atoms with Gasteiger partial charge in [0, 0.05) is 5.69 Å². The quantitative estimate of drug-likeness (QED) is 0.396. The van der Waals surface area contributed by atoms with Crippen molar-refractivity contribution in [3.8, 4) is 11.1 Å². The number of anilines is 1. The number of carboxylic acids is 1. The molecule has 0 unspecified atom stereocenters. The molecule has 3 rings (SSSR count). The van der Waals surface area contributed by atoms with Crippen molar-refractivity contribution in [3.05, 3.63) is 83.4 Å². The third-order valence-electron chi connectivity index (χ3n) is 4.58. The average molecular weight is 474 g/mol. The lowest BCUT2D eigenvalue weighted by Gasteiger charge is -2.16. The Kier molecular flexibility index (Phi) is 7.14. The maximum Gasteiger partial charge on any atom is 0.322 e. The molecule has 0 spiro atoms. The highest BCUT2D eigenvalue weighted by atomic mass is 35.5. The Morgan fingerprint density at radius 2 is 1.66 bits per heavy atom. The van der Waals surface area contributed by atoms with E-state index in [1.54, 1.807) is 48.5 Å². The van der Waals surface area contributed by atoms with E-state index >= 15 is 0 Å². The molecule has 0 bridgehead atoms. The van der Waals surface area contributed by atoms with Crippen molar-refractivity contribution in [1.82, 2.24) is 4.72 Å². The smallest absolute Gasteiger partial charge is 0.322 e. The molecule has 8 nitrogen and oxygen atoms in total. The van der Waals surface area contributed by atoms with Crippen molar-refractivity contribution in [2.75, 3.05) is 5.32 Å². The Morgan fingerprint density at radius 3 is 2.28 bits per heavy atom. The Hall–Kier alpha value is -3.40. The number of primary amides is 1. The second kappa shape index (κ2) is 9.82. The third kappa shape index (κ3) is 5.85. The number of amides is 2. The van der Waals surface area contributed by atoms with E-state index in [4.69, 9.17) is 17.3 Å². The van der Waals surface area contributed by atoms with E-state index < -0.39 is 28.1 Å². The van der Waals surface area contributed by atoms with E-state index in [1.807, 2.05) is 6.07 Å². The van der Waals surface area contributed by atoms with Gasteiger partial charge in [-0.15, -0.1) is 0 Å². The normalized spacial score (nSPS) is 12.2. The monoisotopic (exact) mass is 473 g/mol. The molecule has 0 aliphatic rings. The number of carbonyl (C=O) groups is 2. The van der Waals surface area contributed by atoms with Crippen LogP contribution >= 0.6 is 11.6 Å². The lowest BCUT2D eigenvalue weighted by atomic mass is 10.0. The molecule has 3 aromatic carbocycles. The molecule has 0 saturated carbocycles. The number of nitrogens with two attached hydrogens (primary N) is 1. The van der Waals surface area contributed by atoms with Crippen molar-refractivity contribution in [3.63, 3.8) is 0 Å². The van der Waals surface area contributed by atoms with E-state index in [9.17, 15) is 23.1 Å². The summed E-state index contributed by atoms with van der Waals surface area (Å²) in [5, 5.41) is 12.0. The number of carboxylic acid groups (broad SMARTS) is 1. The topological polar surface area (TPSA) is 139 Å². The van der Waals surface area contributed by atoms with Gasteiger partial charge < -0.3 is 16.2 Å². The summed E-state index contributed by atoms with van der Waals surface area (Å²) in [6.45, 7) is 0. The largest absolute Gasteiger partial charge is 0.480 e. The number of nitrogens with one attached hydrogen (secondary N) is 2. The van der Waals surface area contributed by atoms with Crippen LogP contribution in [-0.4, -0.2) is 31.6 Å². The van der Waals surface area contributed by atoms with Crippen LogP contribution in [0, 0.1) is 0 Å². The van der Waals surface area contributed by atoms with E-state index in [-0.39, 0.29) is 16.3 Å². The fraction of sp³-hybridized carbons (Fsp3) is 0.0909. The first kappa shape index (κ1) is 23.3. The molecule has 0 saturated heterocycles. The van der Waals surface area contributed by atoms with Gasteiger partial charge in [0.2, 0.25) is 10.0 Å². The zero-order valence-electron chi connectivity index (χ0n) is 16.7. The summed E-state index contributed by atoms with van der Waals surface area (Å²) in [6, 6.07) is 17.8. The van der Waals surface area contributed by atoms with E-state index in [0.29, 0.717) is 11.3 Å². The molecule has 1 atom stereocenters. The second-order valence-corrected chi connectivity index (χ2v) is 9.00. The van der Waals surface area contributed by atoms with Gasteiger partial charge in [0.1, 0.15) is 10.9 Å². The van der Waals surface area contributed by atoms with E-state index in [1.165, 1.54) is 18.2 Å². The Balaban J connectivity index is 1.77. The first-order valence-electron chi connectivity index (χ1n) is 9.41. The van der Waals surface area contributed by atoms with Crippen LogP contribution in [0.15, 0.2) is 77.7 Å². The average Bonchev–Trinajstić information content (AvgIpc) is 2.73. The molecular weight excluding hydrogens is 454 g/mol. The van der Waals surface area contributed by atoms with Crippen LogP contribution in [0.25, 0.3) is 11.1 Å². The maximum absolute atomic E-state index is 12.6. The number of hydrogen-bond acceptors (Lipinski definition) is 4. The fourth-order valence-corrected chi connectivity index (χ4v) is 4.79. The van der Waals surface area contributed by atoms with Crippen LogP contribution in [0.4, 0.5) is 10.5 Å². The molecule has 0 radical (unpaired) electrons. The molecule has 10 heteroatoms. The van der Waals surface area contributed by atoms with Crippen LogP contribution in [-0.2, 0) is 21.2 Å². The minimum absolute atomic E-state index is 0.00143. The van der Waals surface area contributed by atoms with Gasteiger partial charge in [-0.2, -0.15) is 4.72 Å². The van der Waals surface area contributed by atoms with Gasteiger partial charge in [-0.3, -0.25) is 4.79 Å². The van der Waals surface area contributed by atoms with Crippen LogP contribution < -0.4 is 15.8 Å². The molecule has 0 aromatic heterocycles. The van der Waals surface area contributed by atoms with Gasteiger partial charge in [0.05, 0.1) is 5.02 Å².